The Bertz CT molecular complexity index is 255. The van der Waals surface area contributed by atoms with Crippen LogP contribution in [0.3, 0.4) is 0 Å². The number of aryl methyl sites for hydroxylation is 1. The summed E-state index contributed by atoms with van der Waals surface area (Å²) in [6, 6.07) is 0. The fraction of sp³-hybridized carbons (Fsp3) is 0.700. The molecular weight excluding hydrogens is 164 g/mol. The number of nitrogens with zero attached hydrogens (tertiary/aromatic N) is 2. The molecule has 0 atom stereocenters. The fourth-order valence-electron chi connectivity index (χ4n) is 1.32. The molecule has 1 rings (SSSR count). The summed E-state index contributed by atoms with van der Waals surface area (Å²) in [5.41, 5.74) is 0. The van der Waals surface area contributed by atoms with Crippen molar-refractivity contribution in [3.05, 3.63) is 18.2 Å². The van der Waals surface area contributed by atoms with Gasteiger partial charge < -0.3 is 4.74 Å². The molecule has 1 aromatic heterocycles. The Balaban J connectivity index is 2.51. The van der Waals surface area contributed by atoms with Crippen molar-refractivity contribution >= 4 is 0 Å². The Hall–Kier alpha value is -0.830. The lowest BCUT2D eigenvalue weighted by molar-refractivity contribution is -0.737. The summed E-state index contributed by atoms with van der Waals surface area (Å²) in [7, 11) is 0. The summed E-state index contributed by atoms with van der Waals surface area (Å²) >= 11 is 0. The molecule has 13 heavy (non-hydrogen) atoms. The molecule has 0 spiro atoms. The highest BCUT2D eigenvalue weighted by Crippen LogP contribution is 1.93. The van der Waals surface area contributed by atoms with E-state index in [1.165, 1.54) is 5.82 Å². The lowest BCUT2D eigenvalue weighted by Gasteiger charge is -2.00. The van der Waals surface area contributed by atoms with E-state index in [9.17, 15) is 0 Å². The molecular formula is C10H19N2O+. The van der Waals surface area contributed by atoms with Crippen LogP contribution in [0.5, 0.6) is 0 Å². The molecule has 0 aromatic carbocycles. The standard InChI is InChI=1S/C10H19N2O/c1-4-8-13-9-12-7-6-11(5-2)10(12)3/h6-7H,4-5,8-9H2,1-3H3/q+1. The molecule has 3 nitrogen and oxygen atoms in total. The predicted molar refractivity (Wildman–Crippen MR) is 51.3 cm³/mol. The summed E-state index contributed by atoms with van der Waals surface area (Å²) in [6.07, 6.45) is 5.23. The van der Waals surface area contributed by atoms with Crippen LogP contribution >= 0.6 is 0 Å². The van der Waals surface area contributed by atoms with Crippen LogP contribution in [0, 0.1) is 6.92 Å². The normalized spacial score (nSPS) is 10.7. The number of rotatable bonds is 5. The minimum atomic E-state index is 0.673. The molecule has 0 fully saturated rings. The van der Waals surface area contributed by atoms with E-state index in [2.05, 4.69) is 42.3 Å². The number of hydrogen-bond donors (Lipinski definition) is 0. The smallest absolute Gasteiger partial charge is 0.255 e. The van der Waals surface area contributed by atoms with E-state index in [-0.39, 0.29) is 0 Å². The second-order valence-corrected chi connectivity index (χ2v) is 3.14. The van der Waals surface area contributed by atoms with Crippen molar-refractivity contribution in [2.75, 3.05) is 6.61 Å². The summed E-state index contributed by atoms with van der Waals surface area (Å²) in [5.74, 6) is 1.25. The molecule has 0 aliphatic rings. The molecule has 0 saturated heterocycles. The number of ether oxygens (including phenoxy) is 1. The van der Waals surface area contributed by atoms with E-state index in [1.54, 1.807) is 0 Å². The number of hydrogen-bond acceptors (Lipinski definition) is 1. The van der Waals surface area contributed by atoms with Crippen LogP contribution in [0.15, 0.2) is 12.4 Å². The zero-order valence-electron chi connectivity index (χ0n) is 8.79. The molecule has 0 amide bonds. The second kappa shape index (κ2) is 5.02. The van der Waals surface area contributed by atoms with E-state index < -0.39 is 0 Å². The Morgan fingerprint density at radius 1 is 1.46 bits per heavy atom. The molecule has 0 radical (unpaired) electrons. The van der Waals surface area contributed by atoms with Gasteiger partial charge in [-0.3, -0.25) is 0 Å². The van der Waals surface area contributed by atoms with Crippen molar-refractivity contribution in [2.45, 2.75) is 40.5 Å². The summed E-state index contributed by atoms with van der Waals surface area (Å²) in [6.45, 7) is 8.90. The quantitative estimate of drug-likeness (QED) is 0.499. The van der Waals surface area contributed by atoms with Crippen molar-refractivity contribution in [3.63, 3.8) is 0 Å². The molecule has 0 saturated carbocycles. The van der Waals surface area contributed by atoms with Crippen LogP contribution in [0.1, 0.15) is 26.1 Å². The molecule has 0 aliphatic heterocycles. The first-order chi connectivity index (χ1) is 6.29. The molecule has 0 N–H and O–H groups in total. The average molecular weight is 183 g/mol. The predicted octanol–water partition coefficient (Wildman–Crippen LogP) is 1.49. The van der Waals surface area contributed by atoms with Crippen LogP contribution in [0.4, 0.5) is 0 Å². The van der Waals surface area contributed by atoms with E-state index >= 15 is 0 Å². The number of imidazole rings is 1. The Morgan fingerprint density at radius 2 is 2.23 bits per heavy atom. The highest BCUT2D eigenvalue weighted by atomic mass is 16.5. The van der Waals surface area contributed by atoms with Crippen molar-refractivity contribution in [3.8, 4) is 0 Å². The minimum Gasteiger partial charge on any atom is -0.342 e. The molecule has 3 heteroatoms. The molecule has 74 valence electrons. The molecule has 1 aromatic rings. The SMILES string of the molecule is CCCOC[n+]1ccn(CC)c1C. The molecule has 0 bridgehead atoms. The van der Waals surface area contributed by atoms with Crippen LogP contribution in [0.25, 0.3) is 0 Å². The molecule has 1 heterocycles. The van der Waals surface area contributed by atoms with Crippen molar-refractivity contribution < 1.29 is 9.30 Å². The highest BCUT2D eigenvalue weighted by molar-refractivity contribution is 4.78. The van der Waals surface area contributed by atoms with Gasteiger partial charge in [-0.15, -0.1) is 0 Å². The van der Waals surface area contributed by atoms with Crippen LogP contribution in [-0.2, 0) is 18.0 Å². The first-order valence-corrected chi connectivity index (χ1v) is 4.92. The first-order valence-electron chi connectivity index (χ1n) is 4.92. The van der Waals surface area contributed by atoms with Gasteiger partial charge in [-0.05, 0) is 13.3 Å². The van der Waals surface area contributed by atoms with Gasteiger partial charge in [-0.25, -0.2) is 9.13 Å². The maximum Gasteiger partial charge on any atom is 0.255 e. The number of aromatic nitrogens is 2. The van der Waals surface area contributed by atoms with Crippen LogP contribution in [-0.4, -0.2) is 11.2 Å². The van der Waals surface area contributed by atoms with Crippen molar-refractivity contribution in [1.29, 1.82) is 0 Å². The topological polar surface area (TPSA) is 18.0 Å². The lowest BCUT2D eigenvalue weighted by atomic mass is 10.5. The Labute approximate surface area is 79.9 Å². The zero-order valence-corrected chi connectivity index (χ0v) is 8.79. The van der Waals surface area contributed by atoms with Crippen LogP contribution < -0.4 is 4.57 Å². The fourth-order valence-corrected chi connectivity index (χ4v) is 1.32. The molecule has 0 aliphatic carbocycles. The summed E-state index contributed by atoms with van der Waals surface area (Å²) in [4.78, 5) is 0. The van der Waals surface area contributed by atoms with Crippen LogP contribution in [0.2, 0.25) is 0 Å². The van der Waals surface area contributed by atoms with Gasteiger partial charge in [0.15, 0.2) is 6.73 Å². The summed E-state index contributed by atoms with van der Waals surface area (Å²) < 4.78 is 9.78. The van der Waals surface area contributed by atoms with E-state index in [4.69, 9.17) is 4.74 Å². The summed E-state index contributed by atoms with van der Waals surface area (Å²) in [5, 5.41) is 0. The van der Waals surface area contributed by atoms with Gasteiger partial charge in [0.05, 0.1) is 13.2 Å². The molecule has 0 unspecified atom stereocenters. The highest BCUT2D eigenvalue weighted by Gasteiger charge is 2.09. The second-order valence-electron chi connectivity index (χ2n) is 3.14. The zero-order chi connectivity index (χ0) is 9.68. The monoisotopic (exact) mass is 183 g/mol. The van der Waals surface area contributed by atoms with Gasteiger partial charge in [0, 0.05) is 6.92 Å². The van der Waals surface area contributed by atoms with Gasteiger partial charge in [-0.2, -0.15) is 0 Å². The average Bonchev–Trinajstić information content (AvgIpc) is 2.48. The van der Waals surface area contributed by atoms with E-state index in [1.807, 2.05) is 0 Å². The third kappa shape index (κ3) is 2.56. The third-order valence-electron chi connectivity index (χ3n) is 2.18. The van der Waals surface area contributed by atoms with Crippen molar-refractivity contribution in [1.82, 2.24) is 4.57 Å². The van der Waals surface area contributed by atoms with Gasteiger partial charge in [0.2, 0.25) is 0 Å². The van der Waals surface area contributed by atoms with Crippen molar-refractivity contribution in [2.24, 2.45) is 0 Å². The largest absolute Gasteiger partial charge is 0.342 e. The van der Waals surface area contributed by atoms with Gasteiger partial charge in [0.25, 0.3) is 5.82 Å². The Morgan fingerprint density at radius 3 is 2.77 bits per heavy atom. The minimum absolute atomic E-state index is 0.673. The van der Waals surface area contributed by atoms with Gasteiger partial charge in [0.1, 0.15) is 12.4 Å². The Kier molecular flexibility index (Phi) is 3.96. The van der Waals surface area contributed by atoms with Gasteiger partial charge >= 0.3 is 0 Å². The first kappa shape index (κ1) is 10.3. The maximum absolute atomic E-state index is 5.46. The lowest BCUT2D eigenvalue weighted by Crippen LogP contribution is -2.36. The third-order valence-corrected chi connectivity index (χ3v) is 2.18. The van der Waals surface area contributed by atoms with E-state index in [0.29, 0.717) is 6.73 Å². The van der Waals surface area contributed by atoms with E-state index in [0.717, 1.165) is 19.6 Å². The maximum atomic E-state index is 5.46. The van der Waals surface area contributed by atoms with Gasteiger partial charge in [-0.1, -0.05) is 6.92 Å².